The monoisotopic (exact) mass is 507 g/mol. The van der Waals surface area contributed by atoms with Crippen molar-refractivity contribution in [1.82, 2.24) is 9.88 Å². The summed E-state index contributed by atoms with van der Waals surface area (Å²) in [4.78, 5) is 21.5. The molecule has 0 saturated heterocycles. The maximum atomic E-state index is 13.2. The van der Waals surface area contributed by atoms with Crippen LogP contribution in [0.3, 0.4) is 0 Å². The number of hydrogen-bond acceptors (Lipinski definition) is 6. The maximum absolute atomic E-state index is 13.2. The topological polar surface area (TPSA) is 70.6 Å². The Labute approximate surface area is 195 Å². The van der Waals surface area contributed by atoms with Crippen LogP contribution in [0.2, 0.25) is 10.0 Å². The lowest BCUT2D eigenvalue weighted by Crippen LogP contribution is -2.36. The zero-order valence-corrected chi connectivity index (χ0v) is 20.4. The zero-order chi connectivity index (χ0) is 21.3. The van der Waals surface area contributed by atoms with Crippen molar-refractivity contribution in [2.75, 3.05) is 38.3 Å². The second-order valence-corrected chi connectivity index (χ2v) is 10.7. The molecule has 6 nitrogen and oxygen atoms in total. The highest BCUT2D eigenvalue weighted by Gasteiger charge is 2.24. The van der Waals surface area contributed by atoms with Gasteiger partial charge in [-0.25, -0.2) is 13.4 Å². The van der Waals surface area contributed by atoms with E-state index in [4.69, 9.17) is 23.2 Å². The molecule has 0 bridgehead atoms. The Balaban J connectivity index is 0.00000320. The molecule has 0 radical (unpaired) electrons. The molecule has 0 aliphatic heterocycles. The number of likely N-dealkylation sites (N-methyl/N-ethyl adjacent to an activating group) is 1. The summed E-state index contributed by atoms with van der Waals surface area (Å²) in [6.07, 6.45) is 1.16. The number of benzene rings is 2. The number of aromatic nitrogens is 1. The molecule has 0 aliphatic carbocycles. The average molecular weight is 509 g/mol. The van der Waals surface area contributed by atoms with Gasteiger partial charge in [0.25, 0.3) is 5.91 Å². The van der Waals surface area contributed by atoms with E-state index in [1.165, 1.54) is 23.5 Å². The number of amides is 1. The quantitative estimate of drug-likeness (QED) is 0.485. The summed E-state index contributed by atoms with van der Waals surface area (Å²) >= 11 is 13.5. The van der Waals surface area contributed by atoms with Crippen molar-refractivity contribution in [1.29, 1.82) is 0 Å². The summed E-state index contributed by atoms with van der Waals surface area (Å²) in [5, 5.41) is 1.18. The van der Waals surface area contributed by atoms with Crippen LogP contribution in [0.15, 0.2) is 41.3 Å². The lowest BCUT2D eigenvalue weighted by Gasteiger charge is -2.22. The Kier molecular flexibility index (Phi) is 8.12. The number of nitrogens with zero attached hydrogens (tertiary/aromatic N) is 3. The first-order valence-electron chi connectivity index (χ1n) is 8.58. The van der Waals surface area contributed by atoms with Crippen LogP contribution >= 0.6 is 46.9 Å². The lowest BCUT2D eigenvalue weighted by atomic mass is 10.2. The van der Waals surface area contributed by atoms with Crippen LogP contribution in [-0.4, -0.2) is 57.6 Å². The number of carbonyl (C=O) groups excluding carboxylic acids is 1. The molecular formula is C19H20Cl3N3O3S2. The van der Waals surface area contributed by atoms with Gasteiger partial charge in [-0.2, -0.15) is 0 Å². The second kappa shape index (κ2) is 9.80. The van der Waals surface area contributed by atoms with Gasteiger partial charge in [0.15, 0.2) is 15.0 Å². The molecule has 0 aliphatic rings. The molecule has 0 fully saturated rings. The van der Waals surface area contributed by atoms with E-state index < -0.39 is 9.84 Å². The van der Waals surface area contributed by atoms with Crippen LogP contribution in [0.4, 0.5) is 5.13 Å². The van der Waals surface area contributed by atoms with Crippen molar-refractivity contribution >= 4 is 78.0 Å². The summed E-state index contributed by atoms with van der Waals surface area (Å²) in [5.41, 5.74) is 0.952. The van der Waals surface area contributed by atoms with Crippen molar-refractivity contribution in [3.63, 3.8) is 0 Å². The third-order valence-corrected chi connectivity index (χ3v) is 6.88. The normalized spacial score (nSPS) is 11.5. The molecule has 0 N–H and O–H groups in total. The number of fused-ring (bicyclic) bond motifs is 1. The van der Waals surface area contributed by atoms with Gasteiger partial charge < -0.3 is 4.90 Å². The van der Waals surface area contributed by atoms with E-state index in [9.17, 15) is 13.2 Å². The molecule has 1 aromatic heterocycles. The minimum absolute atomic E-state index is 0. The summed E-state index contributed by atoms with van der Waals surface area (Å²) in [6.45, 7) is 1.00. The van der Waals surface area contributed by atoms with Crippen LogP contribution in [0.25, 0.3) is 10.2 Å². The molecule has 162 valence electrons. The molecule has 0 saturated carbocycles. The van der Waals surface area contributed by atoms with Gasteiger partial charge in [0.1, 0.15) is 0 Å². The zero-order valence-electron chi connectivity index (χ0n) is 16.4. The SMILES string of the molecule is CN(C)CCN(C(=O)c1ccc(Cl)cc1Cl)c1nc2ccc(S(C)(=O)=O)cc2s1.Cl. The van der Waals surface area contributed by atoms with Crippen LogP contribution < -0.4 is 4.90 Å². The van der Waals surface area contributed by atoms with E-state index in [0.29, 0.717) is 39.0 Å². The van der Waals surface area contributed by atoms with Gasteiger partial charge >= 0.3 is 0 Å². The first-order chi connectivity index (χ1) is 13.6. The molecule has 30 heavy (non-hydrogen) atoms. The highest BCUT2D eigenvalue weighted by molar-refractivity contribution is 7.90. The van der Waals surface area contributed by atoms with Gasteiger partial charge in [0.2, 0.25) is 0 Å². The number of rotatable bonds is 6. The Morgan fingerprint density at radius 2 is 1.80 bits per heavy atom. The van der Waals surface area contributed by atoms with Crippen molar-refractivity contribution in [3.8, 4) is 0 Å². The standard InChI is InChI=1S/C19H19Cl2N3O3S2.ClH/c1-23(2)8-9-24(18(25)14-6-4-12(20)10-15(14)21)19-22-16-7-5-13(29(3,26)27)11-17(16)28-19;/h4-7,10-11H,8-9H2,1-3H3;1H. The Bertz CT molecular complexity index is 1180. The fourth-order valence-corrected chi connectivity index (χ4v) is 4.87. The Morgan fingerprint density at radius 1 is 1.10 bits per heavy atom. The molecule has 3 rings (SSSR count). The van der Waals surface area contributed by atoms with E-state index in [1.54, 1.807) is 29.2 Å². The smallest absolute Gasteiger partial charge is 0.261 e. The van der Waals surface area contributed by atoms with Crippen LogP contribution in [0.5, 0.6) is 0 Å². The molecule has 11 heteroatoms. The molecule has 1 amide bonds. The van der Waals surface area contributed by atoms with E-state index in [0.717, 1.165) is 6.26 Å². The average Bonchev–Trinajstić information content (AvgIpc) is 3.03. The molecule has 0 atom stereocenters. The molecule has 0 unspecified atom stereocenters. The molecule has 3 aromatic rings. The van der Waals surface area contributed by atoms with Crippen LogP contribution in [-0.2, 0) is 9.84 Å². The van der Waals surface area contributed by atoms with Gasteiger partial charge in [-0.15, -0.1) is 12.4 Å². The van der Waals surface area contributed by atoms with Gasteiger partial charge in [-0.05, 0) is 50.5 Å². The van der Waals surface area contributed by atoms with Gasteiger partial charge in [-0.3, -0.25) is 9.69 Å². The summed E-state index contributed by atoms with van der Waals surface area (Å²) < 4.78 is 24.4. The fraction of sp³-hybridized carbons (Fsp3) is 0.263. The van der Waals surface area contributed by atoms with E-state index in [2.05, 4.69) is 4.98 Å². The second-order valence-electron chi connectivity index (χ2n) is 6.78. The first-order valence-corrected chi connectivity index (χ1v) is 12.0. The maximum Gasteiger partial charge on any atom is 0.261 e. The Morgan fingerprint density at radius 3 is 2.40 bits per heavy atom. The minimum Gasteiger partial charge on any atom is -0.308 e. The molecular weight excluding hydrogens is 489 g/mol. The fourth-order valence-electron chi connectivity index (χ4n) is 2.63. The van der Waals surface area contributed by atoms with Gasteiger partial charge in [-0.1, -0.05) is 34.5 Å². The predicted molar refractivity (Wildman–Crippen MR) is 127 cm³/mol. The van der Waals surface area contributed by atoms with Crippen molar-refractivity contribution in [2.45, 2.75) is 4.90 Å². The van der Waals surface area contributed by atoms with E-state index >= 15 is 0 Å². The third kappa shape index (κ3) is 5.63. The van der Waals surface area contributed by atoms with Crippen molar-refractivity contribution in [3.05, 3.63) is 52.0 Å². The summed E-state index contributed by atoms with van der Waals surface area (Å²) in [5.74, 6) is -0.295. The number of thiazole rings is 1. The summed E-state index contributed by atoms with van der Waals surface area (Å²) in [7, 11) is 0.489. The largest absolute Gasteiger partial charge is 0.308 e. The van der Waals surface area contributed by atoms with Gasteiger partial charge in [0.05, 0.1) is 25.7 Å². The van der Waals surface area contributed by atoms with Crippen molar-refractivity contribution < 1.29 is 13.2 Å². The Hall–Kier alpha value is -1.42. The molecule has 0 spiro atoms. The lowest BCUT2D eigenvalue weighted by molar-refractivity contribution is 0.0985. The van der Waals surface area contributed by atoms with E-state index in [1.807, 2.05) is 19.0 Å². The highest BCUT2D eigenvalue weighted by Crippen LogP contribution is 2.32. The number of halogens is 3. The minimum atomic E-state index is -3.33. The predicted octanol–water partition coefficient (Wildman–Crippen LogP) is 4.64. The summed E-state index contributed by atoms with van der Waals surface area (Å²) in [6, 6.07) is 9.47. The number of sulfone groups is 1. The highest BCUT2D eigenvalue weighted by atomic mass is 35.5. The molecule has 1 heterocycles. The third-order valence-electron chi connectivity index (χ3n) is 4.19. The van der Waals surface area contributed by atoms with Crippen LogP contribution in [0.1, 0.15) is 10.4 Å². The number of hydrogen-bond donors (Lipinski definition) is 0. The van der Waals surface area contributed by atoms with Crippen LogP contribution in [0, 0.1) is 0 Å². The number of carbonyl (C=O) groups is 1. The van der Waals surface area contributed by atoms with Crippen molar-refractivity contribution in [2.24, 2.45) is 0 Å². The molecule has 2 aromatic carbocycles. The van der Waals surface area contributed by atoms with E-state index in [-0.39, 0.29) is 28.2 Å². The van der Waals surface area contributed by atoms with Gasteiger partial charge in [0, 0.05) is 24.4 Å². The number of anilines is 1. The first kappa shape index (κ1) is 24.8.